The summed E-state index contributed by atoms with van der Waals surface area (Å²) in [6.45, 7) is 0.598. The molecule has 4 N–H and O–H groups in total. The third-order valence-corrected chi connectivity index (χ3v) is 5.44. The monoisotopic (exact) mass is 361 g/mol. The summed E-state index contributed by atoms with van der Waals surface area (Å²) in [5.41, 5.74) is 1.80. The Hall–Kier alpha value is -2.12. The zero-order valence-electron chi connectivity index (χ0n) is 14.0. The molecule has 1 heterocycles. The molecule has 0 saturated heterocycles. The first kappa shape index (κ1) is 17.7. The number of nitrogens with one attached hydrogen (secondary N) is 2. The Balaban J connectivity index is 1.38. The number of fused-ring (bicyclic) bond motifs is 1. The number of carbonyl (C=O) groups is 1. The van der Waals surface area contributed by atoms with Crippen LogP contribution in [0.1, 0.15) is 40.1 Å². The predicted octanol–water partition coefficient (Wildman–Crippen LogP) is 2.30. The van der Waals surface area contributed by atoms with Crippen LogP contribution in [0, 0.1) is 0 Å². The molecule has 0 spiro atoms. The molecule has 6 nitrogen and oxygen atoms in total. The summed E-state index contributed by atoms with van der Waals surface area (Å²) in [6.07, 6.45) is 4.54. The zero-order valence-corrected chi connectivity index (χ0v) is 14.8. The second-order valence-electron chi connectivity index (χ2n) is 6.18. The Bertz CT molecular complexity index is 709. The molecule has 25 heavy (non-hydrogen) atoms. The molecule has 134 valence electrons. The molecule has 1 atom stereocenters. The first-order chi connectivity index (χ1) is 12.1. The van der Waals surface area contributed by atoms with Crippen LogP contribution in [0.15, 0.2) is 24.3 Å². The number of aromatic nitrogens is 1. The van der Waals surface area contributed by atoms with Crippen molar-refractivity contribution in [2.24, 2.45) is 0 Å². The molecule has 0 fully saturated rings. The van der Waals surface area contributed by atoms with Gasteiger partial charge in [-0.2, -0.15) is 0 Å². The number of hydrogen-bond donors (Lipinski definition) is 4. The average molecular weight is 361 g/mol. The lowest BCUT2D eigenvalue weighted by molar-refractivity contribution is 0.173. The number of phenols is 1. The third-order valence-electron chi connectivity index (χ3n) is 4.23. The van der Waals surface area contributed by atoms with Gasteiger partial charge in [-0.3, -0.25) is 0 Å². The number of thiazole rings is 1. The fraction of sp³-hybridized carbons (Fsp3) is 0.444. The SMILES string of the molecule is O=C(NCCc1nc2c(s1)CCCC2)NC[C@H](O)c1cccc(O)c1. The van der Waals surface area contributed by atoms with Crippen molar-refractivity contribution in [1.82, 2.24) is 15.6 Å². The molecule has 1 aromatic carbocycles. The highest BCUT2D eigenvalue weighted by Crippen LogP contribution is 2.26. The van der Waals surface area contributed by atoms with Crippen LogP contribution in [0.2, 0.25) is 0 Å². The molecule has 1 aliphatic rings. The molecule has 0 unspecified atom stereocenters. The van der Waals surface area contributed by atoms with E-state index in [0.29, 0.717) is 12.1 Å². The van der Waals surface area contributed by atoms with E-state index in [-0.39, 0.29) is 18.3 Å². The van der Waals surface area contributed by atoms with Gasteiger partial charge < -0.3 is 20.8 Å². The van der Waals surface area contributed by atoms with E-state index in [1.54, 1.807) is 23.5 Å². The first-order valence-corrected chi connectivity index (χ1v) is 9.39. The minimum absolute atomic E-state index is 0.0842. The summed E-state index contributed by atoms with van der Waals surface area (Å²) in [5, 5.41) is 25.9. The molecule has 2 amide bonds. The number of phenolic OH excluding ortho intramolecular Hbond substituents is 1. The molecule has 0 aliphatic heterocycles. The Morgan fingerprint density at radius 2 is 2.12 bits per heavy atom. The van der Waals surface area contributed by atoms with Crippen LogP contribution >= 0.6 is 11.3 Å². The van der Waals surface area contributed by atoms with Crippen LogP contribution in [0.25, 0.3) is 0 Å². The lowest BCUT2D eigenvalue weighted by Gasteiger charge is -2.13. The van der Waals surface area contributed by atoms with Crippen molar-refractivity contribution >= 4 is 17.4 Å². The van der Waals surface area contributed by atoms with Crippen LogP contribution < -0.4 is 10.6 Å². The van der Waals surface area contributed by atoms with Crippen molar-refractivity contribution < 1.29 is 15.0 Å². The Morgan fingerprint density at radius 1 is 1.28 bits per heavy atom. The van der Waals surface area contributed by atoms with Crippen molar-refractivity contribution in [3.8, 4) is 5.75 Å². The van der Waals surface area contributed by atoms with Gasteiger partial charge in [0.05, 0.1) is 16.8 Å². The third kappa shape index (κ3) is 4.93. The van der Waals surface area contributed by atoms with Crippen molar-refractivity contribution in [3.63, 3.8) is 0 Å². The van der Waals surface area contributed by atoms with E-state index in [9.17, 15) is 15.0 Å². The summed E-state index contributed by atoms with van der Waals surface area (Å²) in [5.74, 6) is 0.0900. The summed E-state index contributed by atoms with van der Waals surface area (Å²) in [4.78, 5) is 17.9. The number of rotatable bonds is 6. The minimum Gasteiger partial charge on any atom is -0.508 e. The van der Waals surface area contributed by atoms with Gasteiger partial charge in [-0.25, -0.2) is 9.78 Å². The van der Waals surface area contributed by atoms with E-state index >= 15 is 0 Å². The number of carbonyl (C=O) groups excluding carboxylic acids is 1. The lowest BCUT2D eigenvalue weighted by atomic mass is 10.0. The molecule has 1 aromatic heterocycles. The van der Waals surface area contributed by atoms with Gasteiger partial charge in [-0.05, 0) is 43.4 Å². The maximum absolute atomic E-state index is 11.8. The number of hydrogen-bond acceptors (Lipinski definition) is 5. The summed E-state index contributed by atoms with van der Waals surface area (Å²) >= 11 is 1.76. The number of aliphatic hydroxyl groups excluding tert-OH is 1. The van der Waals surface area contributed by atoms with Gasteiger partial charge in [0.1, 0.15) is 5.75 Å². The number of aromatic hydroxyl groups is 1. The van der Waals surface area contributed by atoms with Crippen molar-refractivity contribution in [2.75, 3.05) is 13.1 Å². The molecule has 0 radical (unpaired) electrons. The number of aliphatic hydroxyl groups is 1. The molecule has 2 aromatic rings. The summed E-state index contributed by atoms with van der Waals surface area (Å²) < 4.78 is 0. The molecule has 7 heteroatoms. The summed E-state index contributed by atoms with van der Waals surface area (Å²) in [6, 6.07) is 6.05. The number of amides is 2. The quantitative estimate of drug-likeness (QED) is 0.635. The normalized spacial score (nSPS) is 14.6. The highest BCUT2D eigenvalue weighted by molar-refractivity contribution is 7.11. The lowest BCUT2D eigenvalue weighted by Crippen LogP contribution is -2.38. The van der Waals surface area contributed by atoms with E-state index in [0.717, 1.165) is 24.3 Å². The van der Waals surface area contributed by atoms with E-state index in [1.807, 2.05) is 0 Å². The summed E-state index contributed by atoms with van der Waals surface area (Å²) in [7, 11) is 0. The number of aryl methyl sites for hydroxylation is 2. The van der Waals surface area contributed by atoms with Crippen LogP contribution in [-0.4, -0.2) is 34.3 Å². The van der Waals surface area contributed by atoms with Crippen LogP contribution in [0.5, 0.6) is 5.75 Å². The smallest absolute Gasteiger partial charge is 0.314 e. The van der Waals surface area contributed by atoms with Gasteiger partial charge in [0.25, 0.3) is 0 Å². The number of urea groups is 1. The second-order valence-corrected chi connectivity index (χ2v) is 7.35. The van der Waals surface area contributed by atoms with Crippen LogP contribution in [0.3, 0.4) is 0 Å². The van der Waals surface area contributed by atoms with Crippen LogP contribution in [-0.2, 0) is 19.3 Å². The molecular weight excluding hydrogens is 338 g/mol. The van der Waals surface area contributed by atoms with Gasteiger partial charge in [0.2, 0.25) is 0 Å². The van der Waals surface area contributed by atoms with E-state index in [2.05, 4.69) is 15.6 Å². The zero-order chi connectivity index (χ0) is 17.6. The topological polar surface area (TPSA) is 94.5 Å². The van der Waals surface area contributed by atoms with Gasteiger partial charge in [0, 0.05) is 24.4 Å². The molecule has 3 rings (SSSR count). The molecular formula is C18H23N3O3S. The largest absolute Gasteiger partial charge is 0.508 e. The molecule has 0 saturated carbocycles. The standard InChI is InChI=1S/C18H23N3O3S/c22-13-5-3-4-12(10-13)15(23)11-20-18(24)19-9-8-17-21-14-6-1-2-7-16(14)25-17/h3-5,10,15,22-23H,1-2,6-9,11H2,(H2,19,20,24)/t15-/m0/s1. The van der Waals surface area contributed by atoms with E-state index < -0.39 is 6.10 Å². The second kappa shape index (κ2) is 8.31. The van der Waals surface area contributed by atoms with Crippen molar-refractivity contribution in [2.45, 2.75) is 38.2 Å². The highest BCUT2D eigenvalue weighted by atomic mass is 32.1. The first-order valence-electron chi connectivity index (χ1n) is 8.58. The maximum atomic E-state index is 11.8. The van der Waals surface area contributed by atoms with Crippen LogP contribution in [0.4, 0.5) is 4.79 Å². The minimum atomic E-state index is -0.858. The Labute approximate surface area is 150 Å². The van der Waals surface area contributed by atoms with Gasteiger partial charge in [-0.15, -0.1) is 11.3 Å². The van der Waals surface area contributed by atoms with E-state index in [1.165, 1.54) is 35.5 Å². The van der Waals surface area contributed by atoms with Gasteiger partial charge in [0.15, 0.2) is 0 Å². The molecule has 1 aliphatic carbocycles. The van der Waals surface area contributed by atoms with Crippen molar-refractivity contribution in [3.05, 3.63) is 45.4 Å². The highest BCUT2D eigenvalue weighted by Gasteiger charge is 2.15. The Morgan fingerprint density at radius 3 is 2.92 bits per heavy atom. The maximum Gasteiger partial charge on any atom is 0.314 e. The number of nitrogens with zero attached hydrogens (tertiary/aromatic N) is 1. The Kier molecular flexibility index (Phi) is 5.88. The predicted molar refractivity (Wildman–Crippen MR) is 96.9 cm³/mol. The number of benzene rings is 1. The van der Waals surface area contributed by atoms with Gasteiger partial charge in [-0.1, -0.05) is 12.1 Å². The van der Waals surface area contributed by atoms with E-state index in [4.69, 9.17) is 0 Å². The van der Waals surface area contributed by atoms with Gasteiger partial charge >= 0.3 is 6.03 Å². The average Bonchev–Trinajstić information content (AvgIpc) is 3.02. The van der Waals surface area contributed by atoms with Crippen molar-refractivity contribution in [1.29, 1.82) is 0 Å². The molecule has 0 bridgehead atoms. The fourth-order valence-electron chi connectivity index (χ4n) is 2.90. The fourth-order valence-corrected chi connectivity index (χ4v) is 4.05.